The maximum Gasteiger partial charge on any atom is 0.358 e. The van der Waals surface area contributed by atoms with E-state index in [1.165, 1.54) is 24.3 Å². The highest BCUT2D eigenvalue weighted by atomic mass is 16.4. The molecule has 0 aliphatic carbocycles. The third-order valence-electron chi connectivity index (χ3n) is 5.84. The Hall–Kier alpha value is -4.49. The van der Waals surface area contributed by atoms with Crippen molar-refractivity contribution in [2.45, 2.75) is 51.1 Å². The summed E-state index contributed by atoms with van der Waals surface area (Å²) in [4.78, 5) is 85.6. The SMILES string of the molecule is CCC(=O)Nc1ccc(C(=O)NN2CCC(=O)N3CCCC(C(=O)NC(C=O)CC(=O)O)N3C2=O)cc1. The molecule has 2 saturated heterocycles. The first-order valence-electron chi connectivity index (χ1n) is 11.7. The van der Waals surface area contributed by atoms with Gasteiger partial charge >= 0.3 is 12.0 Å². The van der Waals surface area contributed by atoms with Gasteiger partial charge in [0.15, 0.2) is 0 Å². The molecule has 2 aliphatic rings. The van der Waals surface area contributed by atoms with Crippen LogP contribution >= 0.6 is 0 Å². The van der Waals surface area contributed by atoms with Gasteiger partial charge in [0, 0.05) is 30.6 Å². The first-order chi connectivity index (χ1) is 17.6. The van der Waals surface area contributed by atoms with Crippen LogP contribution in [0.1, 0.15) is 49.4 Å². The monoisotopic (exact) mass is 516 g/mol. The number of fused-ring (bicyclic) bond motifs is 1. The third kappa shape index (κ3) is 6.59. The fourth-order valence-corrected chi connectivity index (χ4v) is 3.96. The molecule has 198 valence electrons. The van der Waals surface area contributed by atoms with Crippen molar-refractivity contribution >= 4 is 47.6 Å². The van der Waals surface area contributed by atoms with Crippen molar-refractivity contribution in [1.82, 2.24) is 25.8 Å². The highest BCUT2D eigenvalue weighted by Gasteiger charge is 2.44. The summed E-state index contributed by atoms with van der Waals surface area (Å²) in [5.41, 5.74) is 3.14. The minimum atomic E-state index is -1.31. The van der Waals surface area contributed by atoms with E-state index in [9.17, 15) is 33.6 Å². The van der Waals surface area contributed by atoms with Gasteiger partial charge in [0.25, 0.3) is 5.91 Å². The molecule has 0 aromatic heterocycles. The summed E-state index contributed by atoms with van der Waals surface area (Å²) >= 11 is 0. The maximum absolute atomic E-state index is 13.4. The summed E-state index contributed by atoms with van der Waals surface area (Å²) in [5.74, 6) is -3.36. The Morgan fingerprint density at radius 2 is 1.84 bits per heavy atom. The zero-order valence-electron chi connectivity index (χ0n) is 20.1. The number of hydrogen-bond acceptors (Lipinski definition) is 7. The van der Waals surface area contributed by atoms with Gasteiger partial charge in [0.2, 0.25) is 17.7 Å². The fraction of sp³-hybridized carbons (Fsp3) is 0.435. The predicted octanol–water partition coefficient (Wildman–Crippen LogP) is -0.128. The summed E-state index contributed by atoms with van der Waals surface area (Å²) in [5, 5.41) is 16.9. The lowest BCUT2D eigenvalue weighted by Crippen LogP contribution is -2.64. The normalized spacial score (nSPS) is 18.3. The molecule has 37 heavy (non-hydrogen) atoms. The smallest absolute Gasteiger partial charge is 0.358 e. The topological polar surface area (TPSA) is 186 Å². The standard InChI is InChI=1S/C23H28N6O8/c1-2-18(31)24-15-7-5-14(6-8-15)21(35)26-27-11-9-19(32)28-10-3-4-17(29(28)23(27)37)22(36)25-16(13-30)12-20(33)34/h5-8,13,16-17H,2-4,9-12H2,1H3,(H,24,31)(H,25,36)(H,26,35)(H,33,34). The minimum Gasteiger partial charge on any atom is -0.481 e. The number of nitrogens with zero attached hydrogens (tertiary/aromatic N) is 3. The Morgan fingerprint density at radius 1 is 1.14 bits per heavy atom. The van der Waals surface area contributed by atoms with Gasteiger partial charge in [0.05, 0.1) is 19.0 Å². The molecule has 2 heterocycles. The molecule has 0 saturated carbocycles. The number of aliphatic carboxylic acids is 1. The van der Waals surface area contributed by atoms with Crippen LogP contribution in [0.2, 0.25) is 0 Å². The van der Waals surface area contributed by atoms with Crippen LogP contribution in [0.15, 0.2) is 24.3 Å². The van der Waals surface area contributed by atoms with Crippen LogP contribution in [-0.4, -0.2) is 87.2 Å². The third-order valence-corrected chi connectivity index (χ3v) is 5.84. The van der Waals surface area contributed by atoms with E-state index in [1.807, 2.05) is 0 Å². The van der Waals surface area contributed by atoms with Crippen molar-refractivity contribution in [1.29, 1.82) is 0 Å². The summed E-state index contributed by atoms with van der Waals surface area (Å²) in [6, 6.07) is 2.65. The molecule has 1 aromatic carbocycles. The van der Waals surface area contributed by atoms with Gasteiger partial charge < -0.3 is 20.5 Å². The van der Waals surface area contributed by atoms with E-state index in [2.05, 4.69) is 16.1 Å². The van der Waals surface area contributed by atoms with Gasteiger partial charge in [-0.05, 0) is 37.1 Å². The van der Waals surface area contributed by atoms with Gasteiger partial charge in [-0.15, -0.1) is 0 Å². The Morgan fingerprint density at radius 3 is 2.46 bits per heavy atom. The number of amides is 6. The molecule has 2 fully saturated rings. The number of aldehydes is 1. The van der Waals surface area contributed by atoms with Crippen molar-refractivity contribution in [2.24, 2.45) is 0 Å². The van der Waals surface area contributed by atoms with Crippen LogP contribution in [0.25, 0.3) is 0 Å². The van der Waals surface area contributed by atoms with E-state index < -0.39 is 48.2 Å². The van der Waals surface area contributed by atoms with Crippen LogP contribution in [0.3, 0.4) is 0 Å². The van der Waals surface area contributed by atoms with E-state index in [1.54, 1.807) is 6.92 Å². The number of anilines is 1. The molecule has 14 heteroatoms. The lowest BCUT2D eigenvalue weighted by molar-refractivity contribution is -0.155. The minimum absolute atomic E-state index is 0.116. The lowest BCUT2D eigenvalue weighted by atomic mass is 10.1. The average molecular weight is 517 g/mol. The molecule has 1 aromatic rings. The molecule has 0 radical (unpaired) electrons. The van der Waals surface area contributed by atoms with E-state index in [0.29, 0.717) is 18.5 Å². The number of benzene rings is 1. The van der Waals surface area contributed by atoms with Crippen LogP contribution in [0.4, 0.5) is 10.5 Å². The van der Waals surface area contributed by atoms with Crippen LogP contribution < -0.4 is 16.1 Å². The first-order valence-corrected chi connectivity index (χ1v) is 11.7. The zero-order valence-corrected chi connectivity index (χ0v) is 20.1. The van der Waals surface area contributed by atoms with Crippen molar-refractivity contribution in [3.05, 3.63) is 29.8 Å². The number of carbonyl (C=O) groups is 7. The van der Waals surface area contributed by atoms with E-state index >= 15 is 0 Å². The molecule has 6 amide bonds. The highest BCUT2D eigenvalue weighted by Crippen LogP contribution is 2.24. The fourth-order valence-electron chi connectivity index (χ4n) is 3.96. The number of carboxylic acid groups (broad SMARTS) is 1. The lowest BCUT2D eigenvalue weighted by Gasteiger charge is -2.42. The van der Waals surface area contributed by atoms with E-state index in [4.69, 9.17) is 5.11 Å². The molecule has 14 nitrogen and oxygen atoms in total. The number of rotatable bonds is 9. The maximum atomic E-state index is 13.4. The number of nitrogens with one attached hydrogen (secondary N) is 3. The Balaban J connectivity index is 1.76. The van der Waals surface area contributed by atoms with Crippen LogP contribution in [0, 0.1) is 0 Å². The van der Waals surface area contributed by atoms with Crippen molar-refractivity contribution in [2.75, 3.05) is 18.4 Å². The molecule has 4 N–H and O–H groups in total. The quantitative estimate of drug-likeness (QED) is 0.327. The molecule has 2 aliphatic heterocycles. The van der Waals surface area contributed by atoms with Gasteiger partial charge in [-0.3, -0.25) is 29.4 Å². The highest BCUT2D eigenvalue weighted by molar-refractivity contribution is 5.98. The Labute approximate surface area is 211 Å². The van der Waals surface area contributed by atoms with Crippen molar-refractivity contribution < 1.29 is 38.7 Å². The molecule has 3 rings (SSSR count). The second kappa shape index (κ2) is 12.0. The largest absolute Gasteiger partial charge is 0.481 e. The molecule has 2 atom stereocenters. The molecule has 2 unspecified atom stereocenters. The summed E-state index contributed by atoms with van der Waals surface area (Å²) in [6.07, 6.45) is 0.377. The summed E-state index contributed by atoms with van der Waals surface area (Å²) in [7, 11) is 0. The molecular formula is C23H28N6O8. The van der Waals surface area contributed by atoms with Crippen molar-refractivity contribution in [3.63, 3.8) is 0 Å². The number of carbonyl (C=O) groups excluding carboxylic acids is 6. The first kappa shape index (κ1) is 27.1. The van der Waals surface area contributed by atoms with Gasteiger partial charge in [-0.2, -0.15) is 0 Å². The van der Waals surface area contributed by atoms with Gasteiger partial charge in [-0.25, -0.2) is 19.8 Å². The second-order valence-electron chi connectivity index (χ2n) is 8.47. The number of carboxylic acids is 1. The zero-order chi connectivity index (χ0) is 27.1. The molecule has 0 bridgehead atoms. The van der Waals surface area contributed by atoms with Crippen molar-refractivity contribution in [3.8, 4) is 0 Å². The van der Waals surface area contributed by atoms with Gasteiger partial charge in [-0.1, -0.05) is 6.92 Å². The summed E-state index contributed by atoms with van der Waals surface area (Å²) in [6.45, 7) is 1.73. The molecular weight excluding hydrogens is 488 g/mol. The second-order valence-corrected chi connectivity index (χ2v) is 8.47. The molecule has 0 spiro atoms. The van der Waals surface area contributed by atoms with E-state index in [0.717, 1.165) is 15.0 Å². The number of hydrazine groups is 2. The van der Waals surface area contributed by atoms with E-state index in [-0.39, 0.29) is 43.7 Å². The predicted molar refractivity (Wildman–Crippen MR) is 126 cm³/mol. The average Bonchev–Trinajstić information content (AvgIpc) is 3.00. The Bertz CT molecular complexity index is 1090. The summed E-state index contributed by atoms with van der Waals surface area (Å²) < 4.78 is 0. The van der Waals surface area contributed by atoms with Gasteiger partial charge in [0.1, 0.15) is 12.3 Å². The van der Waals surface area contributed by atoms with Crippen LogP contribution in [-0.2, 0) is 24.0 Å². The number of urea groups is 1. The Kier molecular flexibility index (Phi) is 8.77. The van der Waals surface area contributed by atoms with Crippen LogP contribution in [0.5, 0.6) is 0 Å². The number of hydrogen-bond donors (Lipinski definition) is 4.